The molecule has 2 aromatic heterocycles. The van der Waals surface area contributed by atoms with Crippen LogP contribution in [0.2, 0.25) is 0 Å². The Morgan fingerprint density at radius 3 is 2.81 bits per heavy atom. The van der Waals surface area contributed by atoms with E-state index in [2.05, 4.69) is 19.4 Å². The van der Waals surface area contributed by atoms with Crippen molar-refractivity contribution >= 4 is 35.1 Å². The van der Waals surface area contributed by atoms with Crippen molar-refractivity contribution in [3.05, 3.63) is 48.1 Å². The quantitative estimate of drug-likeness (QED) is 0.594. The average molecular weight is 416 g/mol. The molecule has 138 valence electrons. The zero-order chi connectivity index (χ0) is 18.7. The largest absolute Gasteiger partial charge is 0.382 e. The normalized spacial score (nSPS) is 15.0. The molecule has 0 saturated carbocycles. The van der Waals surface area contributed by atoms with Crippen LogP contribution in [0.1, 0.15) is 12.5 Å². The highest BCUT2D eigenvalue weighted by atomic mass is 32.2. The monoisotopic (exact) mass is 415 g/mol. The zero-order valence-corrected chi connectivity index (χ0v) is 16.3. The summed E-state index contributed by atoms with van der Waals surface area (Å²) >= 11 is 3.90. The van der Waals surface area contributed by atoms with Crippen LogP contribution in [0, 0.1) is 11.6 Å². The van der Waals surface area contributed by atoms with Gasteiger partial charge in [0.1, 0.15) is 29.9 Å². The highest BCUT2D eigenvalue weighted by Crippen LogP contribution is 2.40. The molecule has 0 aliphatic rings. The van der Waals surface area contributed by atoms with Gasteiger partial charge in [-0.15, -0.1) is 0 Å². The maximum atomic E-state index is 14.4. The van der Waals surface area contributed by atoms with Crippen molar-refractivity contribution in [3.63, 3.8) is 0 Å². The molecule has 3 aromatic rings. The summed E-state index contributed by atoms with van der Waals surface area (Å²) in [4.78, 5) is 8.19. The fourth-order valence-electron chi connectivity index (χ4n) is 2.41. The summed E-state index contributed by atoms with van der Waals surface area (Å²) < 4.78 is 34.0. The number of rotatable bonds is 7. The molecule has 0 amide bonds. The molecule has 6 nitrogen and oxygen atoms in total. The van der Waals surface area contributed by atoms with E-state index in [0.717, 1.165) is 12.1 Å². The van der Waals surface area contributed by atoms with Gasteiger partial charge in [-0.1, -0.05) is 29.6 Å². The van der Waals surface area contributed by atoms with Crippen molar-refractivity contribution in [2.24, 2.45) is 0 Å². The lowest BCUT2D eigenvalue weighted by Gasteiger charge is -2.33. The SMILES string of the molecule is CSc1nsc(S[C@H](C)C(O)(Cn2cncn2)c2ccc(F)cc2F)n1. The van der Waals surface area contributed by atoms with E-state index in [-0.39, 0.29) is 12.1 Å². The van der Waals surface area contributed by atoms with Crippen LogP contribution in [0.25, 0.3) is 0 Å². The Morgan fingerprint density at radius 2 is 2.19 bits per heavy atom. The Morgan fingerprint density at radius 1 is 1.38 bits per heavy atom. The van der Waals surface area contributed by atoms with E-state index < -0.39 is 22.5 Å². The standard InChI is InChI=1S/C15H15F2N5OS3/c1-9(25-14-20-13(24-2)21-26-14)15(23,6-22-8-18-7-19-22)11-4-3-10(16)5-12(11)17/h3-5,7-9,23H,6H2,1-2H3/t9-,15?/m1/s1. The average Bonchev–Trinajstić information content (AvgIpc) is 3.26. The van der Waals surface area contributed by atoms with Gasteiger partial charge in [-0.05, 0) is 30.8 Å². The minimum atomic E-state index is -1.67. The second-order valence-corrected chi connectivity index (χ2v) is 8.56. The summed E-state index contributed by atoms with van der Waals surface area (Å²) in [5.74, 6) is -1.52. The van der Waals surface area contributed by atoms with E-state index >= 15 is 0 Å². The zero-order valence-electron chi connectivity index (χ0n) is 13.8. The maximum absolute atomic E-state index is 14.4. The molecule has 26 heavy (non-hydrogen) atoms. The second kappa shape index (κ2) is 7.99. The molecule has 1 aromatic carbocycles. The second-order valence-electron chi connectivity index (χ2n) is 5.45. The Hall–Kier alpha value is -1.56. The molecule has 0 saturated heterocycles. The Kier molecular flexibility index (Phi) is 5.90. The van der Waals surface area contributed by atoms with E-state index in [1.54, 1.807) is 6.92 Å². The van der Waals surface area contributed by atoms with Crippen LogP contribution in [0.15, 0.2) is 40.3 Å². The minimum Gasteiger partial charge on any atom is -0.382 e. The maximum Gasteiger partial charge on any atom is 0.200 e. The van der Waals surface area contributed by atoms with Crippen molar-refractivity contribution < 1.29 is 13.9 Å². The molecule has 0 radical (unpaired) electrons. The lowest BCUT2D eigenvalue weighted by Crippen LogP contribution is -2.41. The van der Waals surface area contributed by atoms with E-state index in [1.807, 2.05) is 6.26 Å². The molecule has 0 spiro atoms. The number of halogens is 2. The van der Waals surface area contributed by atoms with Crippen LogP contribution in [0.3, 0.4) is 0 Å². The van der Waals surface area contributed by atoms with Gasteiger partial charge < -0.3 is 5.11 Å². The lowest BCUT2D eigenvalue weighted by molar-refractivity contribution is 0.0133. The van der Waals surface area contributed by atoms with Crippen LogP contribution >= 0.6 is 35.1 Å². The van der Waals surface area contributed by atoms with Crippen molar-refractivity contribution in [3.8, 4) is 0 Å². The molecule has 1 unspecified atom stereocenters. The molecule has 2 atom stereocenters. The summed E-state index contributed by atoms with van der Waals surface area (Å²) in [6, 6.07) is 3.14. The van der Waals surface area contributed by atoms with E-state index in [1.165, 1.54) is 58.5 Å². The number of hydrogen-bond acceptors (Lipinski definition) is 8. The first-order valence-electron chi connectivity index (χ1n) is 7.47. The van der Waals surface area contributed by atoms with E-state index in [4.69, 9.17) is 0 Å². The van der Waals surface area contributed by atoms with Gasteiger partial charge in [0.25, 0.3) is 0 Å². The topological polar surface area (TPSA) is 76.7 Å². The number of hydrogen-bond donors (Lipinski definition) is 1. The summed E-state index contributed by atoms with van der Waals surface area (Å²) in [5, 5.41) is 15.5. The number of nitrogens with zero attached hydrogens (tertiary/aromatic N) is 5. The highest BCUT2D eigenvalue weighted by molar-refractivity contribution is 8.01. The molecule has 3 rings (SSSR count). The van der Waals surface area contributed by atoms with Crippen molar-refractivity contribution in [1.29, 1.82) is 0 Å². The smallest absolute Gasteiger partial charge is 0.200 e. The fourth-order valence-corrected chi connectivity index (χ4v) is 5.00. The van der Waals surface area contributed by atoms with Crippen molar-refractivity contribution in [2.75, 3.05) is 6.26 Å². The Labute approximate surface area is 161 Å². The summed E-state index contributed by atoms with van der Waals surface area (Å²) in [5.41, 5.74) is -1.68. The Balaban J connectivity index is 1.95. The molecule has 0 fully saturated rings. The van der Waals surface area contributed by atoms with Crippen LogP contribution in [-0.2, 0) is 12.1 Å². The van der Waals surface area contributed by atoms with Gasteiger partial charge in [0, 0.05) is 16.9 Å². The molecule has 0 aliphatic heterocycles. The third kappa shape index (κ3) is 4.05. The molecule has 11 heteroatoms. The van der Waals surface area contributed by atoms with Gasteiger partial charge in [0.15, 0.2) is 4.34 Å². The van der Waals surface area contributed by atoms with E-state index in [0.29, 0.717) is 9.50 Å². The van der Waals surface area contributed by atoms with Gasteiger partial charge in [0.05, 0.1) is 6.54 Å². The van der Waals surface area contributed by atoms with E-state index in [9.17, 15) is 13.9 Å². The fraction of sp³-hybridized carbons (Fsp3) is 0.333. The third-order valence-electron chi connectivity index (χ3n) is 3.79. The van der Waals surface area contributed by atoms with Crippen LogP contribution in [-0.4, -0.2) is 40.7 Å². The van der Waals surface area contributed by atoms with Gasteiger partial charge in [-0.2, -0.15) is 9.47 Å². The molecule has 1 N–H and O–H groups in total. The number of benzene rings is 1. The summed E-state index contributed by atoms with van der Waals surface area (Å²) in [7, 11) is 0. The highest BCUT2D eigenvalue weighted by Gasteiger charge is 2.40. The predicted molar refractivity (Wildman–Crippen MR) is 97.3 cm³/mol. The number of aromatic nitrogens is 5. The predicted octanol–water partition coefficient (Wildman–Crippen LogP) is 3.20. The Bertz CT molecular complexity index is 876. The number of aliphatic hydroxyl groups is 1. The lowest BCUT2D eigenvalue weighted by atomic mass is 9.90. The molecule has 2 heterocycles. The van der Waals surface area contributed by atoms with Gasteiger partial charge in [-0.25, -0.2) is 23.4 Å². The summed E-state index contributed by atoms with van der Waals surface area (Å²) in [6.45, 7) is 1.71. The first-order chi connectivity index (χ1) is 12.4. The van der Waals surface area contributed by atoms with Gasteiger partial charge >= 0.3 is 0 Å². The summed E-state index contributed by atoms with van der Waals surface area (Å²) in [6.07, 6.45) is 4.63. The molecule has 0 bridgehead atoms. The van der Waals surface area contributed by atoms with Crippen LogP contribution in [0.5, 0.6) is 0 Å². The van der Waals surface area contributed by atoms with Crippen LogP contribution in [0.4, 0.5) is 8.78 Å². The van der Waals surface area contributed by atoms with Gasteiger partial charge in [-0.3, -0.25) is 0 Å². The molecule has 0 aliphatic carbocycles. The van der Waals surface area contributed by atoms with Crippen LogP contribution < -0.4 is 0 Å². The third-order valence-corrected chi connectivity index (χ3v) is 6.51. The molecular weight excluding hydrogens is 400 g/mol. The first-order valence-corrected chi connectivity index (χ1v) is 10.3. The van der Waals surface area contributed by atoms with Crippen molar-refractivity contribution in [1.82, 2.24) is 24.1 Å². The van der Waals surface area contributed by atoms with Crippen molar-refractivity contribution in [2.45, 2.75) is 33.8 Å². The first kappa shape index (κ1) is 19.2. The number of thioether (sulfide) groups is 2. The van der Waals surface area contributed by atoms with Gasteiger partial charge in [0.2, 0.25) is 5.16 Å². The molecular formula is C15H15F2N5OS3. The minimum absolute atomic E-state index is 0.0102.